The third-order valence-corrected chi connectivity index (χ3v) is 3.67. The third-order valence-electron chi connectivity index (χ3n) is 3.67. The molecule has 0 radical (unpaired) electrons. The average Bonchev–Trinajstić information content (AvgIpc) is 3.42. The Kier molecular flexibility index (Phi) is 5.28. The molecule has 5 nitrogen and oxygen atoms in total. The van der Waals surface area contributed by atoms with E-state index in [1.54, 1.807) is 24.3 Å². The van der Waals surface area contributed by atoms with Gasteiger partial charge >= 0.3 is 5.97 Å². The predicted molar refractivity (Wildman–Crippen MR) is 88.3 cm³/mol. The Balaban J connectivity index is 1.62. The molecule has 0 aliphatic heterocycles. The first-order chi connectivity index (χ1) is 12.1. The molecule has 2 aromatic rings. The molecule has 0 saturated heterocycles. The van der Waals surface area contributed by atoms with Crippen LogP contribution in [0.2, 0.25) is 0 Å². The Morgan fingerprint density at radius 1 is 1.12 bits per heavy atom. The molecule has 1 fully saturated rings. The number of carbonyl (C=O) groups is 2. The molecule has 1 aliphatic rings. The molecule has 1 N–H and O–H groups in total. The number of rotatable bonds is 7. The first kappa shape index (κ1) is 17.0. The highest BCUT2D eigenvalue weighted by Gasteiger charge is 2.30. The molecule has 0 aromatic heterocycles. The summed E-state index contributed by atoms with van der Waals surface area (Å²) in [6, 6.07) is 14.4. The van der Waals surface area contributed by atoms with Crippen molar-refractivity contribution in [2.75, 3.05) is 6.61 Å². The van der Waals surface area contributed by atoms with E-state index in [1.165, 1.54) is 24.3 Å². The van der Waals surface area contributed by atoms with E-state index in [-0.39, 0.29) is 17.7 Å². The van der Waals surface area contributed by atoms with Crippen molar-refractivity contribution in [1.82, 2.24) is 5.32 Å². The van der Waals surface area contributed by atoms with Crippen LogP contribution in [-0.4, -0.2) is 24.5 Å². The van der Waals surface area contributed by atoms with Crippen molar-refractivity contribution in [3.8, 4) is 5.75 Å². The zero-order valence-corrected chi connectivity index (χ0v) is 13.5. The standard InChI is InChI=1S/C19H18FNO4/c20-14-7-4-8-16(11-14)24-12-17(22)25-18(13-5-2-1-3-6-13)19(23)21-15-9-10-15/h1-8,11,15,18H,9-10,12H2,(H,21,23)/t18-/m1/s1. The fourth-order valence-electron chi connectivity index (χ4n) is 2.27. The lowest BCUT2D eigenvalue weighted by Crippen LogP contribution is -2.34. The van der Waals surface area contributed by atoms with Crippen LogP contribution < -0.4 is 10.1 Å². The SMILES string of the molecule is O=C(COc1cccc(F)c1)O[C@@H](C(=O)NC1CC1)c1ccccc1. The first-order valence-corrected chi connectivity index (χ1v) is 8.05. The van der Waals surface area contributed by atoms with Crippen molar-refractivity contribution in [2.45, 2.75) is 25.0 Å². The molecule has 1 atom stereocenters. The van der Waals surface area contributed by atoms with Crippen molar-refractivity contribution in [3.05, 3.63) is 66.0 Å². The molecule has 2 aromatic carbocycles. The normalized spacial score (nSPS) is 14.4. The first-order valence-electron chi connectivity index (χ1n) is 8.05. The summed E-state index contributed by atoms with van der Waals surface area (Å²) in [6.07, 6.45) is 0.832. The van der Waals surface area contributed by atoms with Gasteiger partial charge in [-0.1, -0.05) is 36.4 Å². The highest BCUT2D eigenvalue weighted by atomic mass is 19.1. The molecule has 0 spiro atoms. The Bertz CT molecular complexity index is 746. The largest absolute Gasteiger partial charge is 0.482 e. The number of benzene rings is 2. The van der Waals surface area contributed by atoms with E-state index in [2.05, 4.69) is 5.32 Å². The number of carbonyl (C=O) groups excluding carboxylic acids is 2. The monoisotopic (exact) mass is 343 g/mol. The molecular formula is C19H18FNO4. The minimum Gasteiger partial charge on any atom is -0.482 e. The second-order valence-corrected chi connectivity index (χ2v) is 5.81. The van der Waals surface area contributed by atoms with E-state index in [9.17, 15) is 14.0 Å². The molecule has 1 amide bonds. The number of amides is 1. The number of nitrogens with one attached hydrogen (secondary N) is 1. The van der Waals surface area contributed by atoms with Crippen LogP contribution in [0.4, 0.5) is 4.39 Å². The van der Waals surface area contributed by atoms with Crippen molar-refractivity contribution in [2.24, 2.45) is 0 Å². The molecule has 1 aliphatic carbocycles. The lowest BCUT2D eigenvalue weighted by atomic mass is 10.1. The van der Waals surface area contributed by atoms with Crippen LogP contribution in [0.15, 0.2) is 54.6 Å². The Hall–Kier alpha value is -2.89. The van der Waals surface area contributed by atoms with Crippen LogP contribution in [0.25, 0.3) is 0 Å². The van der Waals surface area contributed by atoms with E-state index in [4.69, 9.17) is 9.47 Å². The van der Waals surface area contributed by atoms with Crippen LogP contribution in [0, 0.1) is 5.82 Å². The number of hydrogen-bond donors (Lipinski definition) is 1. The van der Waals surface area contributed by atoms with E-state index in [1.807, 2.05) is 6.07 Å². The van der Waals surface area contributed by atoms with Gasteiger partial charge in [0.05, 0.1) is 0 Å². The van der Waals surface area contributed by atoms with Crippen LogP contribution in [0.3, 0.4) is 0 Å². The minimum atomic E-state index is -1.04. The van der Waals surface area contributed by atoms with Gasteiger partial charge in [-0.2, -0.15) is 0 Å². The van der Waals surface area contributed by atoms with Gasteiger partial charge < -0.3 is 14.8 Å². The molecule has 6 heteroatoms. The highest BCUT2D eigenvalue weighted by molar-refractivity contribution is 5.85. The highest BCUT2D eigenvalue weighted by Crippen LogP contribution is 2.23. The topological polar surface area (TPSA) is 64.6 Å². The number of ether oxygens (including phenoxy) is 2. The second-order valence-electron chi connectivity index (χ2n) is 5.81. The fourth-order valence-corrected chi connectivity index (χ4v) is 2.27. The summed E-state index contributed by atoms with van der Waals surface area (Å²) in [6.45, 7) is -0.413. The molecule has 1 saturated carbocycles. The van der Waals surface area contributed by atoms with Crippen LogP contribution in [0.1, 0.15) is 24.5 Å². The second kappa shape index (κ2) is 7.79. The molecule has 3 rings (SSSR count). The van der Waals surface area contributed by atoms with Gasteiger partial charge in [-0.15, -0.1) is 0 Å². The van der Waals surface area contributed by atoms with Crippen molar-refractivity contribution >= 4 is 11.9 Å². The van der Waals surface area contributed by atoms with Crippen LogP contribution in [0.5, 0.6) is 5.75 Å². The molecule has 0 heterocycles. The Labute approximate surface area is 144 Å². The van der Waals surface area contributed by atoms with Gasteiger partial charge in [-0.25, -0.2) is 9.18 Å². The number of esters is 1. The van der Waals surface area contributed by atoms with Crippen LogP contribution >= 0.6 is 0 Å². The summed E-state index contributed by atoms with van der Waals surface area (Å²) in [4.78, 5) is 24.4. The molecule has 130 valence electrons. The lowest BCUT2D eigenvalue weighted by molar-refractivity contribution is -0.158. The summed E-state index contributed by atoms with van der Waals surface area (Å²) >= 11 is 0. The average molecular weight is 343 g/mol. The molecule has 0 bridgehead atoms. The summed E-state index contributed by atoms with van der Waals surface area (Å²) in [5, 5.41) is 2.83. The van der Waals surface area contributed by atoms with E-state index in [0.717, 1.165) is 12.8 Å². The minimum absolute atomic E-state index is 0.154. The van der Waals surface area contributed by atoms with Crippen molar-refractivity contribution < 1.29 is 23.5 Å². The zero-order chi connectivity index (χ0) is 17.6. The van der Waals surface area contributed by atoms with Crippen molar-refractivity contribution in [3.63, 3.8) is 0 Å². The Morgan fingerprint density at radius 3 is 2.56 bits per heavy atom. The Morgan fingerprint density at radius 2 is 1.88 bits per heavy atom. The zero-order valence-electron chi connectivity index (χ0n) is 13.5. The van der Waals surface area contributed by atoms with E-state index >= 15 is 0 Å². The molecule has 0 unspecified atom stereocenters. The van der Waals surface area contributed by atoms with Gasteiger partial charge in [0.15, 0.2) is 6.61 Å². The summed E-state index contributed by atoms with van der Waals surface area (Å²) in [5.41, 5.74) is 0.583. The van der Waals surface area contributed by atoms with Crippen LogP contribution in [-0.2, 0) is 14.3 Å². The lowest BCUT2D eigenvalue weighted by Gasteiger charge is -2.18. The van der Waals surface area contributed by atoms with Gasteiger partial charge in [-0.05, 0) is 25.0 Å². The van der Waals surface area contributed by atoms with E-state index < -0.39 is 24.5 Å². The third kappa shape index (κ3) is 5.04. The van der Waals surface area contributed by atoms with Crippen molar-refractivity contribution in [1.29, 1.82) is 0 Å². The fraction of sp³-hybridized carbons (Fsp3) is 0.263. The summed E-state index contributed by atoms with van der Waals surface area (Å²) < 4.78 is 23.6. The summed E-state index contributed by atoms with van der Waals surface area (Å²) in [7, 11) is 0. The quantitative estimate of drug-likeness (QED) is 0.785. The molecular weight excluding hydrogens is 325 g/mol. The van der Waals surface area contributed by atoms with Gasteiger partial charge in [0, 0.05) is 17.7 Å². The van der Waals surface area contributed by atoms with Gasteiger partial charge in [0.1, 0.15) is 11.6 Å². The number of halogens is 1. The maximum Gasteiger partial charge on any atom is 0.345 e. The van der Waals surface area contributed by atoms with Gasteiger partial charge in [-0.3, -0.25) is 4.79 Å². The maximum absolute atomic E-state index is 13.1. The number of hydrogen-bond acceptors (Lipinski definition) is 4. The van der Waals surface area contributed by atoms with E-state index in [0.29, 0.717) is 5.56 Å². The summed E-state index contributed by atoms with van der Waals surface area (Å²) in [5.74, 6) is -1.30. The van der Waals surface area contributed by atoms with Gasteiger partial charge in [0.25, 0.3) is 5.91 Å². The van der Waals surface area contributed by atoms with Gasteiger partial charge in [0.2, 0.25) is 6.10 Å². The molecule has 25 heavy (non-hydrogen) atoms. The smallest absolute Gasteiger partial charge is 0.345 e. The predicted octanol–water partition coefficient (Wildman–Crippen LogP) is 2.77. The maximum atomic E-state index is 13.1.